The van der Waals surface area contributed by atoms with E-state index in [9.17, 15) is 0 Å². The van der Waals surface area contributed by atoms with Gasteiger partial charge in [0.2, 0.25) is 0 Å². The van der Waals surface area contributed by atoms with Crippen molar-refractivity contribution in [1.29, 1.82) is 0 Å². The van der Waals surface area contributed by atoms with Crippen LogP contribution in [0, 0.1) is 5.41 Å². The van der Waals surface area contributed by atoms with Crippen LogP contribution in [0.15, 0.2) is 4.99 Å². The molecular weight excluding hydrogens is 122 g/mol. The third kappa shape index (κ3) is 7.67. The van der Waals surface area contributed by atoms with Gasteiger partial charge in [-0.05, 0) is 26.2 Å². The van der Waals surface area contributed by atoms with E-state index in [4.69, 9.17) is 0 Å². The molecule has 0 rings (SSSR count). The first-order valence-electron chi connectivity index (χ1n) is 3.77. The van der Waals surface area contributed by atoms with E-state index in [2.05, 4.69) is 46.5 Å². The predicted molar refractivity (Wildman–Crippen MR) is 47.7 cm³/mol. The van der Waals surface area contributed by atoms with Gasteiger partial charge in [-0.2, -0.15) is 0 Å². The van der Waals surface area contributed by atoms with Gasteiger partial charge in [-0.25, -0.2) is 0 Å². The molecule has 0 saturated heterocycles. The minimum Gasteiger partial charge on any atom is -0.291 e. The van der Waals surface area contributed by atoms with Crippen molar-refractivity contribution in [2.75, 3.05) is 0 Å². The van der Waals surface area contributed by atoms with E-state index in [1.54, 1.807) is 0 Å². The summed E-state index contributed by atoms with van der Waals surface area (Å²) in [4.78, 5) is 4.40. The van der Waals surface area contributed by atoms with Crippen LogP contribution >= 0.6 is 0 Å². The fraction of sp³-hybridized carbons (Fsp3) is 0.889. The van der Waals surface area contributed by atoms with E-state index in [0.717, 1.165) is 0 Å². The normalized spacial score (nSPS) is 14.6. The van der Waals surface area contributed by atoms with Gasteiger partial charge in [-0.15, -0.1) is 0 Å². The van der Waals surface area contributed by atoms with E-state index in [1.807, 2.05) is 6.21 Å². The van der Waals surface area contributed by atoms with Crippen molar-refractivity contribution in [3.63, 3.8) is 0 Å². The molecular formula is C9H19N. The lowest BCUT2D eigenvalue weighted by atomic mass is 9.98. The molecule has 0 aromatic carbocycles. The summed E-state index contributed by atoms with van der Waals surface area (Å²) in [6.07, 6.45) is 2.02. The third-order valence-electron chi connectivity index (χ3n) is 0.839. The molecule has 0 amide bonds. The molecule has 0 radical (unpaired) electrons. The summed E-state index contributed by atoms with van der Waals surface area (Å²) in [6, 6.07) is 0. The molecule has 60 valence electrons. The molecule has 0 N–H and O–H groups in total. The van der Waals surface area contributed by atoms with Crippen LogP contribution in [0.4, 0.5) is 0 Å². The standard InChI is InChI=1S/C9H19N/c1-8(2,3)7-10-9(4,5)6/h7H,1-6H3/b10-7-. The minimum atomic E-state index is 0.0767. The van der Waals surface area contributed by atoms with Crippen LogP contribution in [0.25, 0.3) is 0 Å². The average Bonchev–Trinajstić information content (AvgIpc) is 1.57. The van der Waals surface area contributed by atoms with Gasteiger partial charge < -0.3 is 0 Å². The highest BCUT2D eigenvalue weighted by atomic mass is 14.8. The second kappa shape index (κ2) is 2.73. The lowest BCUT2D eigenvalue weighted by molar-refractivity contribution is 0.552. The van der Waals surface area contributed by atoms with Crippen molar-refractivity contribution in [2.24, 2.45) is 10.4 Å². The van der Waals surface area contributed by atoms with E-state index < -0.39 is 0 Å². The molecule has 0 spiro atoms. The van der Waals surface area contributed by atoms with Gasteiger partial charge in [0.25, 0.3) is 0 Å². The van der Waals surface area contributed by atoms with Gasteiger partial charge >= 0.3 is 0 Å². The van der Waals surface area contributed by atoms with Crippen LogP contribution in [0.5, 0.6) is 0 Å². The zero-order chi connectivity index (χ0) is 8.41. The van der Waals surface area contributed by atoms with Crippen molar-refractivity contribution in [2.45, 2.75) is 47.1 Å². The molecule has 0 fully saturated rings. The monoisotopic (exact) mass is 141 g/mol. The number of hydrogen-bond donors (Lipinski definition) is 0. The first-order chi connectivity index (χ1) is 4.21. The van der Waals surface area contributed by atoms with Crippen LogP contribution < -0.4 is 0 Å². The number of aliphatic imine (C=N–C) groups is 1. The minimum absolute atomic E-state index is 0.0767. The highest BCUT2D eigenvalue weighted by Gasteiger charge is 2.09. The molecule has 0 bridgehead atoms. The average molecular weight is 141 g/mol. The summed E-state index contributed by atoms with van der Waals surface area (Å²) in [6.45, 7) is 12.8. The van der Waals surface area contributed by atoms with E-state index in [0.29, 0.717) is 0 Å². The molecule has 0 atom stereocenters. The third-order valence-corrected chi connectivity index (χ3v) is 0.839. The highest BCUT2D eigenvalue weighted by molar-refractivity contribution is 5.64. The number of hydrogen-bond acceptors (Lipinski definition) is 1. The Morgan fingerprint density at radius 3 is 1.40 bits per heavy atom. The Kier molecular flexibility index (Phi) is 2.64. The Balaban J connectivity index is 4.01. The second-order valence-electron chi connectivity index (χ2n) is 4.80. The predicted octanol–water partition coefficient (Wildman–Crippen LogP) is 2.90. The summed E-state index contributed by atoms with van der Waals surface area (Å²) in [5.74, 6) is 0. The molecule has 0 unspecified atom stereocenters. The Morgan fingerprint density at radius 1 is 0.900 bits per heavy atom. The highest BCUT2D eigenvalue weighted by Crippen LogP contribution is 2.12. The first-order valence-corrected chi connectivity index (χ1v) is 3.77. The molecule has 0 aliphatic heterocycles. The second-order valence-corrected chi connectivity index (χ2v) is 4.80. The zero-order valence-electron chi connectivity index (χ0n) is 8.02. The molecule has 0 aromatic rings. The Morgan fingerprint density at radius 2 is 1.30 bits per heavy atom. The number of nitrogens with zero attached hydrogens (tertiary/aromatic N) is 1. The van der Waals surface area contributed by atoms with E-state index in [-0.39, 0.29) is 11.0 Å². The topological polar surface area (TPSA) is 12.4 Å². The molecule has 10 heavy (non-hydrogen) atoms. The largest absolute Gasteiger partial charge is 0.291 e. The summed E-state index contributed by atoms with van der Waals surface area (Å²) in [7, 11) is 0. The van der Waals surface area contributed by atoms with Crippen molar-refractivity contribution in [3.8, 4) is 0 Å². The van der Waals surface area contributed by atoms with Crippen LogP contribution in [0.3, 0.4) is 0 Å². The van der Waals surface area contributed by atoms with E-state index >= 15 is 0 Å². The van der Waals surface area contributed by atoms with Gasteiger partial charge in [-0.3, -0.25) is 4.99 Å². The number of rotatable bonds is 0. The van der Waals surface area contributed by atoms with Crippen LogP contribution in [0.1, 0.15) is 41.5 Å². The molecule has 1 heteroatoms. The van der Waals surface area contributed by atoms with Crippen molar-refractivity contribution >= 4 is 6.21 Å². The summed E-state index contributed by atoms with van der Waals surface area (Å²) < 4.78 is 0. The Bertz CT molecular complexity index is 105. The Hall–Kier alpha value is -0.330. The van der Waals surface area contributed by atoms with Crippen molar-refractivity contribution in [1.82, 2.24) is 0 Å². The zero-order valence-corrected chi connectivity index (χ0v) is 8.02. The summed E-state index contributed by atoms with van der Waals surface area (Å²) in [5.41, 5.74) is 0.292. The lowest BCUT2D eigenvalue weighted by Gasteiger charge is -2.16. The first kappa shape index (κ1) is 9.67. The fourth-order valence-corrected chi connectivity index (χ4v) is 0.387. The fourth-order valence-electron chi connectivity index (χ4n) is 0.387. The smallest absolute Gasteiger partial charge is 0.0520 e. The van der Waals surface area contributed by atoms with Crippen LogP contribution in [-0.4, -0.2) is 11.8 Å². The molecule has 0 heterocycles. The van der Waals surface area contributed by atoms with Crippen molar-refractivity contribution in [3.05, 3.63) is 0 Å². The quantitative estimate of drug-likeness (QED) is 0.460. The summed E-state index contributed by atoms with van der Waals surface area (Å²) >= 11 is 0. The lowest BCUT2D eigenvalue weighted by Crippen LogP contribution is -2.14. The van der Waals surface area contributed by atoms with Gasteiger partial charge in [0, 0.05) is 6.21 Å². The molecule has 0 aliphatic rings. The van der Waals surface area contributed by atoms with Gasteiger partial charge in [-0.1, -0.05) is 20.8 Å². The SMILES string of the molecule is CC(C)(C)/C=N\C(C)(C)C. The maximum atomic E-state index is 4.40. The molecule has 0 aliphatic carbocycles. The van der Waals surface area contributed by atoms with Crippen LogP contribution in [-0.2, 0) is 0 Å². The van der Waals surface area contributed by atoms with Crippen molar-refractivity contribution < 1.29 is 0 Å². The van der Waals surface area contributed by atoms with Gasteiger partial charge in [0.05, 0.1) is 5.54 Å². The van der Waals surface area contributed by atoms with E-state index in [1.165, 1.54) is 0 Å². The maximum absolute atomic E-state index is 4.40. The molecule has 0 aromatic heterocycles. The van der Waals surface area contributed by atoms with Crippen LogP contribution in [0.2, 0.25) is 0 Å². The maximum Gasteiger partial charge on any atom is 0.0520 e. The Labute approximate surface area is 64.6 Å². The summed E-state index contributed by atoms with van der Waals surface area (Å²) in [5, 5.41) is 0. The van der Waals surface area contributed by atoms with Gasteiger partial charge in [0.15, 0.2) is 0 Å². The van der Waals surface area contributed by atoms with Gasteiger partial charge in [0.1, 0.15) is 0 Å². The molecule has 0 saturated carbocycles. The molecule has 1 nitrogen and oxygen atoms in total.